The number of benzene rings is 1. The van der Waals surface area contributed by atoms with Crippen LogP contribution >= 0.6 is 0 Å². The topological polar surface area (TPSA) is 285 Å². The maximum Gasteiger partial charge on any atom is 0.326 e. The van der Waals surface area contributed by atoms with Gasteiger partial charge in [0, 0.05) is 6.54 Å². The van der Waals surface area contributed by atoms with E-state index in [2.05, 4.69) is 26.3 Å². The molecule has 0 aliphatic heterocycles. The van der Waals surface area contributed by atoms with E-state index in [1.165, 1.54) is 6.07 Å². The highest BCUT2D eigenvalue weighted by Gasteiger charge is 2.33. The molecule has 0 aromatic heterocycles. The molecule has 1 aromatic carbocycles. The summed E-state index contributed by atoms with van der Waals surface area (Å²) in [4.78, 5) is 68.5. The van der Waals surface area contributed by atoms with Crippen LogP contribution in [0.2, 0.25) is 0 Å². The van der Waals surface area contributed by atoms with Crippen LogP contribution in [-0.2, 0) is 19.2 Å². The molecule has 0 aliphatic rings. The van der Waals surface area contributed by atoms with Crippen LogP contribution < -0.4 is 38.5 Å². The third-order valence-corrected chi connectivity index (χ3v) is 7.19. The molecule has 1 rings (SSSR count). The largest absolute Gasteiger partial charge is 0.508 e. The van der Waals surface area contributed by atoms with Crippen molar-refractivity contribution >= 4 is 35.6 Å². The zero-order valence-electron chi connectivity index (χ0n) is 26.0. The van der Waals surface area contributed by atoms with Crippen LogP contribution in [0.4, 0.5) is 0 Å². The molecule has 0 saturated heterocycles. The van der Waals surface area contributed by atoms with Crippen molar-refractivity contribution < 1.29 is 39.3 Å². The summed E-state index contributed by atoms with van der Waals surface area (Å²) in [7, 11) is 0. The average Bonchev–Trinajstić information content (AvgIpc) is 2.99. The van der Waals surface area contributed by atoms with Crippen molar-refractivity contribution in [3.63, 3.8) is 0 Å². The predicted octanol–water partition coefficient (Wildman–Crippen LogP) is -0.626. The first kappa shape index (κ1) is 38.4. The van der Waals surface area contributed by atoms with Gasteiger partial charge in [0.05, 0.1) is 5.56 Å². The Morgan fingerprint density at radius 2 is 1.42 bits per heavy atom. The minimum Gasteiger partial charge on any atom is -0.508 e. The van der Waals surface area contributed by atoms with E-state index in [1.807, 2.05) is 0 Å². The molecule has 16 heteroatoms. The number of carbonyl (C=O) groups excluding carboxylic acids is 4. The summed E-state index contributed by atoms with van der Waals surface area (Å²) in [6.07, 6.45) is 2.04. The van der Waals surface area contributed by atoms with E-state index in [0.29, 0.717) is 25.8 Å². The molecule has 0 heterocycles. The lowest BCUT2D eigenvalue weighted by atomic mass is 9.97. The number of carbonyl (C=O) groups is 5. The molecule has 0 fully saturated rings. The van der Waals surface area contributed by atoms with Crippen LogP contribution in [0.3, 0.4) is 0 Å². The number of unbranched alkanes of at least 4 members (excludes halogenated alkanes) is 1. The number of nitrogens with two attached hydrogens (primary N) is 3. The summed E-state index contributed by atoms with van der Waals surface area (Å²) >= 11 is 0. The number of aliphatic imine (C=N–C) groups is 1. The van der Waals surface area contributed by atoms with Crippen molar-refractivity contribution in [2.24, 2.45) is 28.1 Å². The number of hydrogen-bond acceptors (Lipinski definition) is 9. The average molecular weight is 637 g/mol. The van der Waals surface area contributed by atoms with Crippen LogP contribution in [0.15, 0.2) is 23.2 Å². The molecule has 16 nitrogen and oxygen atoms in total. The van der Waals surface area contributed by atoms with Gasteiger partial charge in [-0.3, -0.25) is 24.2 Å². The first-order chi connectivity index (χ1) is 21.2. The summed E-state index contributed by atoms with van der Waals surface area (Å²) in [5.41, 5.74) is 16.1. The van der Waals surface area contributed by atoms with Crippen LogP contribution in [0.5, 0.6) is 11.5 Å². The summed E-state index contributed by atoms with van der Waals surface area (Å²) in [5.74, 6) is -5.39. The van der Waals surface area contributed by atoms with Crippen LogP contribution in [-0.4, -0.2) is 88.1 Å². The van der Waals surface area contributed by atoms with Gasteiger partial charge in [-0.1, -0.05) is 27.2 Å². The van der Waals surface area contributed by atoms with Gasteiger partial charge in [-0.15, -0.1) is 0 Å². The monoisotopic (exact) mass is 636 g/mol. The zero-order valence-corrected chi connectivity index (χ0v) is 26.0. The maximum atomic E-state index is 13.6. The molecule has 0 saturated carbocycles. The molecule has 45 heavy (non-hydrogen) atoms. The Labute approximate surface area is 262 Å². The molecule has 252 valence electrons. The smallest absolute Gasteiger partial charge is 0.326 e. The van der Waals surface area contributed by atoms with E-state index in [-0.39, 0.29) is 49.5 Å². The molecular formula is C29H48N8O8. The number of phenols is 2. The van der Waals surface area contributed by atoms with Crippen LogP contribution in [0.1, 0.15) is 76.1 Å². The van der Waals surface area contributed by atoms with Gasteiger partial charge in [0.25, 0.3) is 5.91 Å². The zero-order chi connectivity index (χ0) is 34.1. The van der Waals surface area contributed by atoms with E-state index < -0.39 is 65.4 Å². The lowest BCUT2D eigenvalue weighted by Crippen LogP contribution is -2.59. The number of nitrogens with one attached hydrogen (secondary N) is 4. The Morgan fingerprint density at radius 1 is 0.822 bits per heavy atom. The first-order valence-electron chi connectivity index (χ1n) is 15.0. The third-order valence-electron chi connectivity index (χ3n) is 7.19. The predicted molar refractivity (Wildman–Crippen MR) is 167 cm³/mol. The van der Waals surface area contributed by atoms with Crippen molar-refractivity contribution in [1.29, 1.82) is 0 Å². The highest BCUT2D eigenvalue weighted by molar-refractivity contribution is 6.00. The lowest BCUT2D eigenvalue weighted by Gasteiger charge is -2.28. The summed E-state index contributed by atoms with van der Waals surface area (Å²) in [6, 6.07) is -1.24. The second-order valence-corrected chi connectivity index (χ2v) is 10.7. The van der Waals surface area contributed by atoms with E-state index in [9.17, 15) is 39.3 Å². The SMILES string of the molecule is CC[C@H](NC(=O)[C@@H](NC(=O)[C@H](CCCN=C(N)N)NC(=O)[C@H](CCCCN)NC(=O)c1cc(O)ccc1O)[C@@H](C)CC)C(=O)O. The molecule has 5 atom stereocenters. The first-order valence-corrected chi connectivity index (χ1v) is 15.0. The minimum absolute atomic E-state index is 0.0483. The molecule has 1 aromatic rings. The Kier molecular flexibility index (Phi) is 16.8. The van der Waals surface area contributed by atoms with Crippen molar-refractivity contribution in [1.82, 2.24) is 21.3 Å². The second kappa shape index (κ2) is 19.6. The van der Waals surface area contributed by atoms with Gasteiger partial charge in [0.1, 0.15) is 35.7 Å². The van der Waals surface area contributed by atoms with E-state index in [0.717, 1.165) is 12.1 Å². The van der Waals surface area contributed by atoms with Gasteiger partial charge < -0.3 is 53.8 Å². The number of rotatable bonds is 20. The number of guanidine groups is 1. The van der Waals surface area contributed by atoms with Crippen molar-refractivity contribution in [3.05, 3.63) is 23.8 Å². The fourth-order valence-electron chi connectivity index (χ4n) is 4.30. The quantitative estimate of drug-likeness (QED) is 0.0372. The van der Waals surface area contributed by atoms with Gasteiger partial charge in [-0.05, 0) is 69.2 Å². The fraction of sp³-hybridized carbons (Fsp3) is 0.586. The van der Waals surface area contributed by atoms with Gasteiger partial charge in [-0.2, -0.15) is 0 Å². The molecular weight excluding hydrogens is 588 g/mol. The Bertz CT molecular complexity index is 1190. The fourth-order valence-corrected chi connectivity index (χ4v) is 4.30. The normalized spacial score (nSPS) is 14.1. The van der Waals surface area contributed by atoms with Crippen molar-refractivity contribution in [3.8, 4) is 11.5 Å². The summed E-state index contributed by atoms with van der Waals surface area (Å²) < 4.78 is 0. The van der Waals surface area contributed by atoms with E-state index >= 15 is 0 Å². The molecule has 4 amide bonds. The third kappa shape index (κ3) is 13.3. The standard InChI is InChI=1S/C29H48N8O8/c1-4-16(3)23(27(43)34-19(5-2)28(44)45)37-26(42)21(10-8-14-33-29(31)32)36-25(41)20(9-6-7-13-30)35-24(40)18-15-17(38)11-12-22(18)39/h11-12,15-16,19-21,23,38-39H,4-10,13-14,30H2,1-3H3,(H,34,43)(H,35,40)(H,36,41)(H,37,42)(H,44,45)(H4,31,32,33)/t16-,19-,20-,21-,23-/m0/s1. The van der Waals surface area contributed by atoms with Gasteiger partial charge in [-0.25, -0.2) is 4.79 Å². The summed E-state index contributed by atoms with van der Waals surface area (Å²) in [5, 5.41) is 39.5. The van der Waals surface area contributed by atoms with Gasteiger partial charge in [0.15, 0.2) is 5.96 Å². The number of aliphatic carboxylic acids is 1. The number of carboxylic acid groups (broad SMARTS) is 1. The lowest BCUT2D eigenvalue weighted by molar-refractivity contribution is -0.142. The molecule has 0 bridgehead atoms. The molecule has 0 aliphatic carbocycles. The number of amides is 4. The van der Waals surface area contributed by atoms with E-state index in [4.69, 9.17) is 17.2 Å². The van der Waals surface area contributed by atoms with Crippen LogP contribution in [0, 0.1) is 5.92 Å². The molecule has 0 unspecified atom stereocenters. The number of phenolic OH excluding ortho intramolecular Hbond substituents is 2. The Balaban J connectivity index is 3.27. The Morgan fingerprint density at radius 3 is 2.00 bits per heavy atom. The number of nitrogens with zero attached hydrogens (tertiary/aromatic N) is 1. The molecule has 13 N–H and O–H groups in total. The second-order valence-electron chi connectivity index (χ2n) is 10.7. The summed E-state index contributed by atoms with van der Waals surface area (Å²) in [6.45, 7) is 5.60. The van der Waals surface area contributed by atoms with E-state index in [1.54, 1.807) is 20.8 Å². The van der Waals surface area contributed by atoms with Crippen LogP contribution in [0.25, 0.3) is 0 Å². The highest BCUT2D eigenvalue weighted by Crippen LogP contribution is 2.22. The molecule has 0 radical (unpaired) electrons. The number of carboxylic acids is 1. The maximum absolute atomic E-state index is 13.6. The molecule has 0 spiro atoms. The number of hydrogen-bond donors (Lipinski definition) is 10. The Hall–Kier alpha value is -4.60. The van der Waals surface area contributed by atoms with Gasteiger partial charge in [0.2, 0.25) is 17.7 Å². The number of aromatic hydroxyl groups is 2. The van der Waals surface area contributed by atoms with Crippen molar-refractivity contribution in [2.45, 2.75) is 89.9 Å². The van der Waals surface area contributed by atoms with Crippen molar-refractivity contribution in [2.75, 3.05) is 13.1 Å². The minimum atomic E-state index is -1.22. The highest BCUT2D eigenvalue weighted by atomic mass is 16.4. The van der Waals surface area contributed by atoms with Gasteiger partial charge >= 0.3 is 5.97 Å².